The molecule has 4 nitrogen and oxygen atoms in total. The number of nitrogens with zero attached hydrogens (tertiary/aromatic N) is 1. The molecule has 0 saturated heterocycles. The lowest BCUT2D eigenvalue weighted by atomic mass is 10.2. The van der Waals surface area contributed by atoms with Crippen LogP contribution in [0.1, 0.15) is 5.56 Å². The smallest absolute Gasteiger partial charge is 0.262 e. The van der Waals surface area contributed by atoms with Crippen molar-refractivity contribution in [2.45, 2.75) is 0 Å². The number of halogens is 2. The van der Waals surface area contributed by atoms with Crippen LogP contribution in [-0.2, 0) is 4.79 Å². The van der Waals surface area contributed by atoms with Crippen molar-refractivity contribution in [1.29, 1.82) is 0 Å². The Labute approximate surface area is 145 Å². The van der Waals surface area contributed by atoms with Crippen molar-refractivity contribution < 1.29 is 4.79 Å². The Balaban J connectivity index is 1.89. The lowest BCUT2D eigenvalue weighted by molar-refractivity contribution is -0.115. The van der Waals surface area contributed by atoms with E-state index in [4.69, 9.17) is 23.2 Å². The molecule has 0 saturated carbocycles. The van der Waals surface area contributed by atoms with Crippen LogP contribution >= 0.6 is 23.2 Å². The number of carbonyl (C=O) groups excluding carboxylic acids is 1. The molecule has 0 aromatic heterocycles. The van der Waals surface area contributed by atoms with Gasteiger partial charge in [0.25, 0.3) is 5.91 Å². The Kier molecular flexibility index (Phi) is 5.90. The zero-order valence-corrected chi connectivity index (χ0v) is 14.3. The Bertz CT molecular complexity index is 712. The van der Waals surface area contributed by atoms with E-state index in [2.05, 4.69) is 10.9 Å². The zero-order chi connectivity index (χ0) is 16.8. The fraction of sp³-hybridized carbons (Fsp3) is 0.118. The summed E-state index contributed by atoms with van der Waals surface area (Å²) in [6.07, 6.45) is 3.19. The number of nitrogens with one attached hydrogen (secondary N) is 2. The lowest BCUT2D eigenvalue weighted by Gasteiger charge is -2.11. The molecule has 6 heteroatoms. The van der Waals surface area contributed by atoms with Gasteiger partial charge in [0.2, 0.25) is 0 Å². The van der Waals surface area contributed by atoms with E-state index in [0.29, 0.717) is 15.7 Å². The maximum Gasteiger partial charge on any atom is 0.262 e. The van der Waals surface area contributed by atoms with E-state index in [1.807, 2.05) is 43.3 Å². The zero-order valence-electron chi connectivity index (χ0n) is 12.8. The van der Waals surface area contributed by atoms with E-state index in [0.717, 1.165) is 11.3 Å². The molecule has 2 rings (SSSR count). The number of anilines is 2. The van der Waals surface area contributed by atoms with E-state index in [1.165, 1.54) is 6.08 Å². The molecular weight excluding hydrogens is 333 g/mol. The van der Waals surface area contributed by atoms with Gasteiger partial charge in [-0.25, -0.2) is 0 Å². The van der Waals surface area contributed by atoms with Crippen LogP contribution in [-0.4, -0.2) is 20.0 Å². The summed E-state index contributed by atoms with van der Waals surface area (Å²) in [7, 11) is 3.96. The van der Waals surface area contributed by atoms with Gasteiger partial charge < -0.3 is 4.90 Å². The van der Waals surface area contributed by atoms with Crippen molar-refractivity contribution in [2.75, 3.05) is 24.4 Å². The fourth-order valence-electron chi connectivity index (χ4n) is 1.80. The first kappa shape index (κ1) is 17.2. The Morgan fingerprint density at radius 1 is 1.04 bits per heavy atom. The summed E-state index contributed by atoms with van der Waals surface area (Å²) >= 11 is 11.7. The summed E-state index contributed by atoms with van der Waals surface area (Å²) in [4.78, 5) is 13.8. The molecule has 0 heterocycles. The molecule has 0 radical (unpaired) electrons. The molecule has 2 aromatic carbocycles. The van der Waals surface area contributed by atoms with Gasteiger partial charge in [-0.3, -0.25) is 15.6 Å². The van der Waals surface area contributed by atoms with Crippen LogP contribution in [0.2, 0.25) is 10.0 Å². The maximum absolute atomic E-state index is 11.8. The van der Waals surface area contributed by atoms with Gasteiger partial charge in [-0.1, -0.05) is 35.3 Å². The second-order valence-electron chi connectivity index (χ2n) is 5.06. The number of carbonyl (C=O) groups is 1. The van der Waals surface area contributed by atoms with Gasteiger partial charge in [0.1, 0.15) is 0 Å². The molecule has 120 valence electrons. The van der Waals surface area contributed by atoms with E-state index < -0.39 is 0 Å². The van der Waals surface area contributed by atoms with Crippen LogP contribution in [0.5, 0.6) is 0 Å². The minimum absolute atomic E-state index is 0.271. The van der Waals surface area contributed by atoms with Crippen molar-refractivity contribution >= 4 is 46.6 Å². The van der Waals surface area contributed by atoms with Gasteiger partial charge in [0, 0.05) is 25.9 Å². The van der Waals surface area contributed by atoms with E-state index in [-0.39, 0.29) is 5.91 Å². The summed E-state index contributed by atoms with van der Waals surface area (Å²) in [5.74, 6) is -0.271. The van der Waals surface area contributed by atoms with Crippen molar-refractivity contribution in [3.8, 4) is 0 Å². The maximum atomic E-state index is 11.8. The first-order chi connectivity index (χ1) is 11.0. The third-order valence-electron chi connectivity index (χ3n) is 3.09. The predicted octanol–water partition coefficient (Wildman–Crippen LogP) is 4.22. The normalized spacial score (nSPS) is 10.6. The summed E-state index contributed by atoms with van der Waals surface area (Å²) in [5.41, 5.74) is 8.03. The van der Waals surface area contributed by atoms with Crippen molar-refractivity contribution in [3.05, 3.63) is 64.1 Å². The molecule has 0 aliphatic carbocycles. The molecule has 0 aliphatic rings. The third kappa shape index (κ3) is 5.20. The number of amides is 1. The molecule has 0 spiro atoms. The Morgan fingerprint density at radius 3 is 2.35 bits per heavy atom. The number of rotatable bonds is 5. The van der Waals surface area contributed by atoms with Gasteiger partial charge in [-0.05, 0) is 42.0 Å². The highest BCUT2D eigenvalue weighted by atomic mass is 35.5. The number of hydrogen-bond acceptors (Lipinski definition) is 3. The lowest BCUT2D eigenvalue weighted by Crippen LogP contribution is -2.27. The third-order valence-corrected chi connectivity index (χ3v) is 3.83. The molecule has 2 aromatic rings. The Hall–Kier alpha value is -2.17. The van der Waals surface area contributed by atoms with E-state index in [1.54, 1.807) is 24.3 Å². The van der Waals surface area contributed by atoms with Gasteiger partial charge in [-0.15, -0.1) is 0 Å². The average Bonchev–Trinajstić information content (AvgIpc) is 2.54. The van der Waals surface area contributed by atoms with Gasteiger partial charge in [0.15, 0.2) is 0 Å². The van der Waals surface area contributed by atoms with Crippen LogP contribution in [0.25, 0.3) is 6.08 Å². The molecule has 2 N–H and O–H groups in total. The van der Waals surface area contributed by atoms with Crippen molar-refractivity contribution in [3.63, 3.8) is 0 Å². The molecule has 0 bridgehead atoms. The topological polar surface area (TPSA) is 44.4 Å². The van der Waals surface area contributed by atoms with E-state index in [9.17, 15) is 4.79 Å². The number of hydrogen-bond donors (Lipinski definition) is 2. The van der Waals surface area contributed by atoms with Crippen LogP contribution in [0.3, 0.4) is 0 Å². The summed E-state index contributed by atoms with van der Waals surface area (Å²) in [5, 5.41) is 0.882. The molecule has 0 unspecified atom stereocenters. The number of hydrazine groups is 1. The Morgan fingerprint density at radius 2 is 1.74 bits per heavy atom. The highest BCUT2D eigenvalue weighted by Gasteiger charge is 2.00. The monoisotopic (exact) mass is 349 g/mol. The predicted molar refractivity (Wildman–Crippen MR) is 98.0 cm³/mol. The quantitative estimate of drug-likeness (QED) is 0.627. The second-order valence-corrected chi connectivity index (χ2v) is 5.88. The van der Waals surface area contributed by atoms with Crippen LogP contribution in [0, 0.1) is 0 Å². The largest absolute Gasteiger partial charge is 0.378 e. The SMILES string of the molecule is CN(C)c1ccc(/C=C/C(=O)NNc2ccc(Cl)c(Cl)c2)cc1. The minimum Gasteiger partial charge on any atom is -0.378 e. The van der Waals surface area contributed by atoms with Crippen LogP contribution in [0.4, 0.5) is 11.4 Å². The summed E-state index contributed by atoms with van der Waals surface area (Å²) < 4.78 is 0. The molecule has 23 heavy (non-hydrogen) atoms. The molecule has 0 fully saturated rings. The van der Waals surface area contributed by atoms with Crippen LogP contribution in [0.15, 0.2) is 48.5 Å². The van der Waals surface area contributed by atoms with Gasteiger partial charge >= 0.3 is 0 Å². The molecule has 0 aliphatic heterocycles. The number of benzene rings is 2. The highest BCUT2D eigenvalue weighted by molar-refractivity contribution is 6.42. The van der Waals surface area contributed by atoms with Gasteiger partial charge in [-0.2, -0.15) is 0 Å². The van der Waals surface area contributed by atoms with Crippen molar-refractivity contribution in [2.24, 2.45) is 0 Å². The second kappa shape index (κ2) is 7.90. The molecule has 0 atom stereocenters. The highest BCUT2D eigenvalue weighted by Crippen LogP contribution is 2.24. The van der Waals surface area contributed by atoms with Crippen molar-refractivity contribution in [1.82, 2.24) is 5.43 Å². The summed E-state index contributed by atoms with van der Waals surface area (Å²) in [6.45, 7) is 0. The average molecular weight is 350 g/mol. The molecule has 1 amide bonds. The first-order valence-electron chi connectivity index (χ1n) is 6.92. The molecular formula is C17H17Cl2N3O. The minimum atomic E-state index is -0.271. The first-order valence-corrected chi connectivity index (χ1v) is 7.68. The van der Waals surface area contributed by atoms with Crippen LogP contribution < -0.4 is 15.8 Å². The standard InChI is InChI=1S/C17H17Cl2N3O/c1-22(2)14-7-3-12(4-8-14)5-10-17(23)21-20-13-6-9-15(18)16(19)11-13/h3-11,20H,1-2H3,(H,21,23)/b10-5+. The van der Waals surface area contributed by atoms with E-state index >= 15 is 0 Å². The fourth-order valence-corrected chi connectivity index (χ4v) is 2.10. The summed E-state index contributed by atoms with van der Waals surface area (Å²) in [6, 6.07) is 12.9. The van der Waals surface area contributed by atoms with Gasteiger partial charge in [0.05, 0.1) is 15.7 Å².